The smallest absolute Gasteiger partial charge is 0.358 e. The molecule has 0 saturated heterocycles. The fourth-order valence-corrected chi connectivity index (χ4v) is 3.52. The predicted molar refractivity (Wildman–Crippen MR) is 131 cm³/mol. The highest BCUT2D eigenvalue weighted by Gasteiger charge is 2.14. The Bertz CT molecular complexity index is 1300. The van der Waals surface area contributed by atoms with E-state index >= 15 is 0 Å². The zero-order chi connectivity index (χ0) is 23.9. The first kappa shape index (κ1) is 23.3. The molecule has 0 unspecified atom stereocenters. The van der Waals surface area contributed by atoms with E-state index in [-0.39, 0.29) is 18.9 Å². The molecule has 0 fully saturated rings. The number of carboxylic acid groups (broad SMARTS) is 1. The summed E-state index contributed by atoms with van der Waals surface area (Å²) < 4.78 is 12.4. The van der Waals surface area contributed by atoms with Gasteiger partial charge < -0.3 is 19.1 Å². The number of benzene rings is 3. The van der Waals surface area contributed by atoms with Crippen molar-refractivity contribution in [2.24, 2.45) is 5.16 Å². The van der Waals surface area contributed by atoms with Gasteiger partial charge >= 0.3 is 5.97 Å². The second-order valence-electron chi connectivity index (χ2n) is 7.35. The van der Waals surface area contributed by atoms with E-state index in [2.05, 4.69) is 26.1 Å². The minimum Gasteiger partial charge on any atom is -0.487 e. The molecule has 0 bridgehead atoms. The molecule has 34 heavy (non-hydrogen) atoms. The van der Waals surface area contributed by atoms with Gasteiger partial charge in [-0.3, -0.25) is 0 Å². The van der Waals surface area contributed by atoms with E-state index in [0.717, 1.165) is 21.3 Å². The standard InChI is InChI=1S/C26H21BrN2O5/c1-17-23(28-25(34-17)19-6-3-2-4-7-19)16-32-22-12-10-18(11-13-22)15-33-29-24(26(30)31)20-8-5-9-21(27)14-20/h2-14H,15-16H2,1H3,(H,30,31)/b29-24+. The third-order valence-electron chi connectivity index (χ3n) is 4.90. The molecule has 0 aliphatic carbocycles. The van der Waals surface area contributed by atoms with Gasteiger partial charge in [0.1, 0.15) is 30.4 Å². The fourth-order valence-electron chi connectivity index (χ4n) is 3.12. The maximum atomic E-state index is 11.5. The number of aryl methyl sites for hydroxylation is 1. The Kier molecular flexibility index (Phi) is 7.39. The van der Waals surface area contributed by atoms with Crippen molar-refractivity contribution in [2.45, 2.75) is 20.1 Å². The van der Waals surface area contributed by atoms with Crippen molar-refractivity contribution in [1.82, 2.24) is 4.98 Å². The quantitative estimate of drug-likeness (QED) is 0.215. The summed E-state index contributed by atoms with van der Waals surface area (Å²) in [5, 5.41) is 13.2. The third-order valence-corrected chi connectivity index (χ3v) is 5.39. The van der Waals surface area contributed by atoms with Gasteiger partial charge in [0.15, 0.2) is 5.71 Å². The lowest BCUT2D eigenvalue weighted by Crippen LogP contribution is -2.15. The van der Waals surface area contributed by atoms with Crippen LogP contribution in [0.15, 0.2) is 92.9 Å². The van der Waals surface area contributed by atoms with Crippen LogP contribution in [-0.4, -0.2) is 21.8 Å². The minimum atomic E-state index is -1.17. The second-order valence-corrected chi connectivity index (χ2v) is 8.27. The van der Waals surface area contributed by atoms with Crippen molar-refractivity contribution < 1.29 is 23.9 Å². The van der Waals surface area contributed by atoms with Crippen molar-refractivity contribution in [3.63, 3.8) is 0 Å². The highest BCUT2D eigenvalue weighted by molar-refractivity contribution is 9.10. The number of ether oxygens (including phenoxy) is 1. The van der Waals surface area contributed by atoms with E-state index in [0.29, 0.717) is 23.0 Å². The van der Waals surface area contributed by atoms with Crippen molar-refractivity contribution in [1.29, 1.82) is 0 Å². The molecule has 172 valence electrons. The van der Waals surface area contributed by atoms with Crippen LogP contribution in [-0.2, 0) is 22.8 Å². The number of carboxylic acids is 1. The summed E-state index contributed by atoms with van der Waals surface area (Å²) in [6.07, 6.45) is 0. The van der Waals surface area contributed by atoms with Gasteiger partial charge in [0.05, 0.1) is 0 Å². The van der Waals surface area contributed by atoms with Crippen LogP contribution in [0.4, 0.5) is 0 Å². The van der Waals surface area contributed by atoms with Crippen LogP contribution in [0.25, 0.3) is 11.5 Å². The number of hydrogen-bond donors (Lipinski definition) is 1. The SMILES string of the molecule is Cc1oc(-c2ccccc2)nc1COc1ccc(CO/N=C(/C(=O)O)c2cccc(Br)c2)cc1. The topological polar surface area (TPSA) is 94.2 Å². The van der Waals surface area contributed by atoms with Gasteiger partial charge in [0.2, 0.25) is 5.89 Å². The molecular weight excluding hydrogens is 500 g/mol. The molecule has 4 aromatic rings. The summed E-state index contributed by atoms with van der Waals surface area (Å²) in [6, 6.07) is 23.8. The van der Waals surface area contributed by atoms with Gasteiger partial charge in [-0.15, -0.1) is 0 Å². The number of carbonyl (C=O) groups is 1. The molecule has 3 aromatic carbocycles. The van der Waals surface area contributed by atoms with E-state index in [4.69, 9.17) is 14.0 Å². The largest absolute Gasteiger partial charge is 0.487 e. The zero-order valence-electron chi connectivity index (χ0n) is 18.3. The van der Waals surface area contributed by atoms with Crippen molar-refractivity contribution in [3.05, 3.63) is 106 Å². The first-order valence-corrected chi connectivity index (χ1v) is 11.2. The van der Waals surface area contributed by atoms with Crippen LogP contribution in [0.3, 0.4) is 0 Å². The molecule has 0 atom stereocenters. The summed E-state index contributed by atoms with van der Waals surface area (Å²) in [7, 11) is 0. The lowest BCUT2D eigenvalue weighted by atomic mass is 10.1. The molecule has 0 spiro atoms. The van der Waals surface area contributed by atoms with E-state index in [9.17, 15) is 9.90 Å². The van der Waals surface area contributed by atoms with Gasteiger partial charge in [-0.05, 0) is 48.9 Å². The Hall–Kier alpha value is -3.91. The first-order chi connectivity index (χ1) is 16.5. The number of oxime groups is 1. The molecule has 0 amide bonds. The number of oxazole rings is 1. The number of aromatic nitrogens is 1. The van der Waals surface area contributed by atoms with Crippen LogP contribution in [0.2, 0.25) is 0 Å². The van der Waals surface area contributed by atoms with Crippen molar-refractivity contribution in [2.75, 3.05) is 0 Å². The summed E-state index contributed by atoms with van der Waals surface area (Å²) in [5.74, 6) is 0.770. The highest BCUT2D eigenvalue weighted by atomic mass is 79.9. The summed E-state index contributed by atoms with van der Waals surface area (Å²) in [5.41, 5.74) is 2.74. The van der Waals surface area contributed by atoms with Crippen LogP contribution >= 0.6 is 15.9 Å². The molecular formula is C26H21BrN2O5. The number of rotatable bonds is 9. The Morgan fingerprint density at radius 1 is 1.03 bits per heavy atom. The van der Waals surface area contributed by atoms with Gasteiger partial charge in [0, 0.05) is 15.6 Å². The van der Waals surface area contributed by atoms with Crippen molar-refractivity contribution >= 4 is 27.6 Å². The van der Waals surface area contributed by atoms with E-state index in [1.165, 1.54) is 0 Å². The van der Waals surface area contributed by atoms with Gasteiger partial charge in [-0.25, -0.2) is 9.78 Å². The maximum Gasteiger partial charge on any atom is 0.358 e. The number of hydrogen-bond acceptors (Lipinski definition) is 6. The molecule has 4 rings (SSSR count). The Morgan fingerprint density at radius 3 is 2.50 bits per heavy atom. The maximum absolute atomic E-state index is 11.5. The summed E-state index contributed by atoms with van der Waals surface area (Å²) in [4.78, 5) is 21.4. The third kappa shape index (κ3) is 5.90. The number of halogens is 1. The highest BCUT2D eigenvalue weighted by Crippen LogP contribution is 2.23. The van der Waals surface area contributed by atoms with E-state index in [1.54, 1.807) is 24.3 Å². The van der Waals surface area contributed by atoms with Crippen LogP contribution in [0.5, 0.6) is 5.75 Å². The fraction of sp³-hybridized carbons (Fsp3) is 0.115. The second kappa shape index (κ2) is 10.8. The van der Waals surface area contributed by atoms with E-state index in [1.807, 2.05) is 61.5 Å². The van der Waals surface area contributed by atoms with E-state index < -0.39 is 5.97 Å². The predicted octanol–water partition coefficient (Wildman–Crippen LogP) is 6.00. The van der Waals surface area contributed by atoms with Gasteiger partial charge in [-0.1, -0.05) is 63.6 Å². The summed E-state index contributed by atoms with van der Waals surface area (Å²) >= 11 is 3.32. The molecule has 1 aromatic heterocycles. The van der Waals surface area contributed by atoms with Gasteiger partial charge in [-0.2, -0.15) is 0 Å². The Balaban J connectivity index is 1.34. The Morgan fingerprint density at radius 2 is 1.79 bits per heavy atom. The molecule has 0 radical (unpaired) electrons. The molecule has 0 saturated carbocycles. The molecule has 0 aliphatic heterocycles. The average Bonchev–Trinajstić information content (AvgIpc) is 3.22. The normalized spacial score (nSPS) is 11.3. The minimum absolute atomic E-state index is 0.119. The molecule has 7 nitrogen and oxygen atoms in total. The van der Waals surface area contributed by atoms with Gasteiger partial charge in [0.25, 0.3) is 0 Å². The zero-order valence-corrected chi connectivity index (χ0v) is 19.9. The molecule has 1 heterocycles. The van der Waals surface area contributed by atoms with Crippen LogP contribution < -0.4 is 4.74 Å². The molecule has 8 heteroatoms. The number of nitrogens with zero attached hydrogens (tertiary/aromatic N) is 2. The molecule has 0 aliphatic rings. The van der Waals surface area contributed by atoms with Crippen molar-refractivity contribution in [3.8, 4) is 17.2 Å². The summed E-state index contributed by atoms with van der Waals surface area (Å²) in [6.45, 7) is 2.25. The lowest BCUT2D eigenvalue weighted by molar-refractivity contribution is -0.129. The Labute approximate surface area is 204 Å². The monoisotopic (exact) mass is 520 g/mol. The van der Waals surface area contributed by atoms with Crippen LogP contribution in [0.1, 0.15) is 22.6 Å². The number of aliphatic carboxylic acids is 1. The molecule has 1 N–H and O–H groups in total. The average molecular weight is 521 g/mol. The van der Waals surface area contributed by atoms with Crippen LogP contribution in [0, 0.1) is 6.92 Å². The lowest BCUT2D eigenvalue weighted by Gasteiger charge is -2.07. The first-order valence-electron chi connectivity index (χ1n) is 10.4.